The Hall–Kier alpha value is -2.85. The van der Waals surface area contributed by atoms with Crippen LogP contribution in [-0.4, -0.2) is 32.9 Å². The molecule has 0 aliphatic heterocycles. The molecule has 0 spiro atoms. The van der Waals surface area contributed by atoms with Crippen LogP contribution in [0, 0.1) is 10.5 Å². The van der Waals surface area contributed by atoms with Crippen molar-refractivity contribution in [2.24, 2.45) is 0 Å². The van der Waals surface area contributed by atoms with Crippen molar-refractivity contribution in [3.8, 4) is 5.75 Å². The molecule has 0 N–H and O–H groups in total. The molecule has 0 aromatic heterocycles. The molecule has 3 rings (SSSR count). The van der Waals surface area contributed by atoms with E-state index in [1.165, 1.54) is 5.41 Å². The molecule has 0 heterocycles. The average molecular weight is 634 g/mol. The third-order valence-corrected chi connectivity index (χ3v) is 8.20. The van der Waals surface area contributed by atoms with Gasteiger partial charge in [0.15, 0.2) is 0 Å². The molecule has 3 aromatic carbocycles. The lowest BCUT2D eigenvalue weighted by molar-refractivity contribution is 0.0472. The third kappa shape index (κ3) is 8.60. The minimum atomic E-state index is -3.53. The van der Waals surface area contributed by atoms with Crippen LogP contribution in [0.15, 0.2) is 83.2 Å². The molecule has 6 nitrogen and oxygen atoms in total. The zero-order valence-electron chi connectivity index (χ0n) is 21.3. The number of carbonyl (C=O) groups excluding carboxylic acids is 1. The number of rotatable bonds is 12. The van der Waals surface area contributed by atoms with E-state index in [-0.39, 0.29) is 11.5 Å². The van der Waals surface area contributed by atoms with Crippen molar-refractivity contribution >= 4 is 38.4 Å². The van der Waals surface area contributed by atoms with Gasteiger partial charge in [-0.05, 0) is 89.5 Å². The summed E-state index contributed by atoms with van der Waals surface area (Å²) in [4.78, 5) is 14.7. The van der Waals surface area contributed by atoms with Crippen molar-refractivity contribution < 1.29 is 22.7 Å². The van der Waals surface area contributed by atoms with Gasteiger partial charge in [0.1, 0.15) is 12.4 Å². The molecule has 0 bridgehead atoms. The Morgan fingerprint density at radius 1 is 1.03 bits per heavy atom. The number of ether oxygens (including phenoxy) is 2. The highest BCUT2D eigenvalue weighted by molar-refractivity contribution is 14.1. The fraction of sp³-hybridized carbons (Fsp3) is 0.276. The zero-order valence-corrected chi connectivity index (χ0v) is 24.3. The summed E-state index contributed by atoms with van der Waals surface area (Å²) in [6.07, 6.45) is 3.63. The molecule has 0 atom stereocenters. The predicted molar refractivity (Wildman–Crippen MR) is 154 cm³/mol. The second kappa shape index (κ2) is 13.6. The number of hydrogen-bond acceptors (Lipinski definition) is 6. The van der Waals surface area contributed by atoms with Crippen LogP contribution in [-0.2, 0) is 27.7 Å². The van der Waals surface area contributed by atoms with Crippen LogP contribution in [0.3, 0.4) is 0 Å². The maximum atomic E-state index is 12.8. The van der Waals surface area contributed by atoms with E-state index in [9.17, 15) is 13.2 Å². The zero-order chi connectivity index (χ0) is 26.8. The van der Waals surface area contributed by atoms with Crippen LogP contribution in [0.4, 0.5) is 0 Å². The van der Waals surface area contributed by atoms with Gasteiger partial charge in [0.05, 0.1) is 23.0 Å². The number of sulfone groups is 1. The molecule has 0 amide bonds. The lowest BCUT2D eigenvalue weighted by Gasteiger charge is -2.21. The summed E-state index contributed by atoms with van der Waals surface area (Å²) in [5.41, 5.74) is 3.43. The fourth-order valence-electron chi connectivity index (χ4n) is 3.53. The third-order valence-electron chi connectivity index (χ3n) is 5.79. The number of esters is 1. The Morgan fingerprint density at radius 3 is 2.35 bits per heavy atom. The fourth-order valence-corrected chi connectivity index (χ4v) is 5.28. The molecule has 0 radical (unpaired) electrons. The van der Waals surface area contributed by atoms with Gasteiger partial charge in [0.2, 0.25) is 9.84 Å². The SMILES string of the molecule is CCCCN(/C=C/S(=O)(=O)c1ccc(C)cc1)Cc1ccc(COC(=O)c2ccc(OC)cc2)cc1I. The normalized spacial score (nSPS) is 11.5. The van der Waals surface area contributed by atoms with Crippen LogP contribution in [0.2, 0.25) is 0 Å². The Balaban J connectivity index is 1.66. The Kier molecular flexibility index (Phi) is 10.6. The predicted octanol–water partition coefficient (Wildman–Crippen LogP) is 6.51. The van der Waals surface area contributed by atoms with Crippen molar-refractivity contribution in [3.63, 3.8) is 0 Å². The largest absolute Gasteiger partial charge is 0.497 e. The van der Waals surface area contributed by atoms with Gasteiger partial charge in [0.25, 0.3) is 0 Å². The highest BCUT2D eigenvalue weighted by Gasteiger charge is 2.13. The van der Waals surface area contributed by atoms with Gasteiger partial charge in [0, 0.05) is 22.9 Å². The lowest BCUT2D eigenvalue weighted by Crippen LogP contribution is -2.19. The van der Waals surface area contributed by atoms with E-state index in [1.54, 1.807) is 61.8 Å². The van der Waals surface area contributed by atoms with Crippen molar-refractivity contribution in [3.05, 3.63) is 104 Å². The summed E-state index contributed by atoms with van der Waals surface area (Å²) in [7, 11) is -1.95. The van der Waals surface area contributed by atoms with Gasteiger partial charge in [-0.2, -0.15) is 0 Å². The number of methoxy groups -OCH3 is 1. The number of halogens is 1. The van der Waals surface area contributed by atoms with Gasteiger partial charge in [-0.25, -0.2) is 13.2 Å². The maximum Gasteiger partial charge on any atom is 0.338 e. The molecular formula is C29H32INO5S. The number of aryl methyl sites for hydroxylation is 1. The Bertz CT molecular complexity index is 1320. The number of hydrogen-bond donors (Lipinski definition) is 0. The topological polar surface area (TPSA) is 72.9 Å². The molecule has 0 fully saturated rings. The van der Waals surface area contributed by atoms with E-state index in [0.717, 1.165) is 39.6 Å². The first-order valence-electron chi connectivity index (χ1n) is 12.0. The van der Waals surface area contributed by atoms with E-state index in [2.05, 4.69) is 29.5 Å². The quantitative estimate of drug-likeness (QED) is 0.167. The standard InChI is InChI=1S/C29H32INO5S/c1-4-5-16-31(17-18-37(33,34)27-14-6-22(2)7-15-27)20-25-9-8-23(19-28(25)30)21-36-29(32)24-10-12-26(35-3)13-11-24/h6-15,17-19H,4-5,16,20-21H2,1-3H3/b18-17+. The molecule has 37 heavy (non-hydrogen) atoms. The van der Waals surface area contributed by atoms with Crippen LogP contribution >= 0.6 is 22.6 Å². The summed E-state index contributed by atoms with van der Waals surface area (Å²) in [6, 6.07) is 19.6. The molecule has 0 saturated carbocycles. The van der Waals surface area contributed by atoms with E-state index < -0.39 is 15.8 Å². The van der Waals surface area contributed by atoms with Gasteiger partial charge in [-0.1, -0.05) is 43.2 Å². The Labute approximate surface area is 233 Å². The number of nitrogens with zero attached hydrogens (tertiary/aromatic N) is 1. The minimum absolute atomic E-state index is 0.162. The molecule has 0 aliphatic rings. The molecular weight excluding hydrogens is 601 g/mol. The van der Waals surface area contributed by atoms with Gasteiger partial charge >= 0.3 is 5.97 Å². The maximum absolute atomic E-state index is 12.8. The second-order valence-electron chi connectivity index (χ2n) is 8.70. The van der Waals surface area contributed by atoms with E-state index in [4.69, 9.17) is 9.47 Å². The monoisotopic (exact) mass is 633 g/mol. The van der Waals surface area contributed by atoms with Crippen molar-refractivity contribution in [1.82, 2.24) is 4.90 Å². The average Bonchev–Trinajstić information content (AvgIpc) is 2.90. The highest BCUT2D eigenvalue weighted by atomic mass is 127. The van der Waals surface area contributed by atoms with Crippen LogP contribution < -0.4 is 4.74 Å². The number of benzene rings is 3. The summed E-state index contributed by atoms with van der Waals surface area (Å²) >= 11 is 2.27. The van der Waals surface area contributed by atoms with E-state index >= 15 is 0 Å². The molecule has 196 valence electrons. The Morgan fingerprint density at radius 2 is 1.73 bits per heavy atom. The van der Waals surface area contributed by atoms with Crippen molar-refractivity contribution in [2.75, 3.05) is 13.7 Å². The van der Waals surface area contributed by atoms with Crippen molar-refractivity contribution in [2.45, 2.75) is 44.7 Å². The van der Waals surface area contributed by atoms with E-state index in [0.29, 0.717) is 17.9 Å². The summed E-state index contributed by atoms with van der Waals surface area (Å²) in [6.45, 7) is 5.51. The lowest BCUT2D eigenvalue weighted by atomic mass is 10.1. The highest BCUT2D eigenvalue weighted by Crippen LogP contribution is 2.20. The molecule has 0 saturated heterocycles. The summed E-state index contributed by atoms with van der Waals surface area (Å²) in [5, 5.41) is 1.28. The first-order valence-corrected chi connectivity index (χ1v) is 14.7. The van der Waals surface area contributed by atoms with Gasteiger partial charge in [-0.3, -0.25) is 0 Å². The van der Waals surface area contributed by atoms with Gasteiger partial charge in [-0.15, -0.1) is 0 Å². The molecule has 3 aromatic rings. The molecule has 8 heteroatoms. The number of carbonyl (C=O) groups is 1. The second-order valence-corrected chi connectivity index (χ2v) is 11.7. The summed E-state index contributed by atoms with van der Waals surface area (Å²) < 4.78 is 37.2. The smallest absolute Gasteiger partial charge is 0.338 e. The van der Waals surface area contributed by atoms with Crippen LogP contribution in [0.1, 0.15) is 46.8 Å². The van der Waals surface area contributed by atoms with Crippen molar-refractivity contribution in [1.29, 1.82) is 0 Å². The molecule has 0 aliphatic carbocycles. The van der Waals surface area contributed by atoms with Crippen LogP contribution in [0.5, 0.6) is 5.75 Å². The van der Waals surface area contributed by atoms with Gasteiger partial charge < -0.3 is 14.4 Å². The van der Waals surface area contributed by atoms with Crippen LogP contribution in [0.25, 0.3) is 0 Å². The first kappa shape index (κ1) is 28.7. The van der Waals surface area contributed by atoms with E-state index in [1.807, 2.05) is 30.0 Å². The minimum Gasteiger partial charge on any atom is -0.497 e. The first-order chi connectivity index (χ1) is 17.7. The number of unbranched alkanes of at least 4 members (excludes halogenated alkanes) is 1. The molecule has 0 unspecified atom stereocenters. The summed E-state index contributed by atoms with van der Waals surface area (Å²) in [5.74, 6) is 0.282.